The molecule has 0 fully saturated rings. The van der Waals surface area contributed by atoms with Crippen LogP contribution in [0.15, 0.2) is 66.0 Å². The minimum Gasteiger partial charge on any atom is -0.480 e. The maximum Gasteiger partial charge on any atom is 0.317 e. The lowest BCUT2D eigenvalue weighted by molar-refractivity contribution is -0.138. The van der Waals surface area contributed by atoms with Crippen LogP contribution in [0.4, 0.5) is 0 Å². The van der Waals surface area contributed by atoms with Gasteiger partial charge in [-0.05, 0) is 59.5 Å². The van der Waals surface area contributed by atoms with Crippen LogP contribution in [-0.2, 0) is 11.2 Å². The zero-order valence-electron chi connectivity index (χ0n) is 16.0. The number of carbonyl (C=O) groups is 1. The highest BCUT2D eigenvalue weighted by atomic mass is 32.1. The number of aliphatic carboxylic acids is 1. The molecule has 2 atom stereocenters. The van der Waals surface area contributed by atoms with Crippen molar-refractivity contribution in [1.29, 1.82) is 0 Å². The molecule has 0 amide bonds. The van der Waals surface area contributed by atoms with Crippen LogP contribution in [-0.4, -0.2) is 36.1 Å². The Balaban J connectivity index is 1.69. The molecule has 1 aliphatic rings. The molecule has 144 valence electrons. The van der Waals surface area contributed by atoms with E-state index in [4.69, 9.17) is 5.11 Å². The summed E-state index contributed by atoms with van der Waals surface area (Å²) in [6.45, 7) is 0.875. The van der Waals surface area contributed by atoms with Crippen LogP contribution in [0.5, 0.6) is 0 Å². The average molecular weight is 392 g/mol. The molecule has 1 aliphatic carbocycles. The molecule has 2 unspecified atom stereocenters. The number of fused-ring (bicyclic) bond motifs is 1. The van der Waals surface area contributed by atoms with E-state index in [1.54, 1.807) is 11.3 Å². The van der Waals surface area contributed by atoms with Gasteiger partial charge in [0.2, 0.25) is 0 Å². The smallest absolute Gasteiger partial charge is 0.317 e. The molecule has 28 heavy (non-hydrogen) atoms. The van der Waals surface area contributed by atoms with E-state index >= 15 is 0 Å². The molecular formula is C24H25NO2S. The number of hydrogen-bond donors (Lipinski definition) is 1. The van der Waals surface area contributed by atoms with Gasteiger partial charge in [0.15, 0.2) is 0 Å². The average Bonchev–Trinajstić information content (AvgIpc) is 3.22. The monoisotopic (exact) mass is 391 g/mol. The molecule has 1 heterocycles. The quantitative estimate of drug-likeness (QED) is 0.634. The van der Waals surface area contributed by atoms with Gasteiger partial charge in [-0.25, -0.2) is 0 Å². The molecule has 2 aromatic carbocycles. The zero-order valence-corrected chi connectivity index (χ0v) is 16.9. The van der Waals surface area contributed by atoms with Gasteiger partial charge in [0.05, 0.1) is 6.54 Å². The lowest BCUT2D eigenvalue weighted by Crippen LogP contribution is -2.35. The molecule has 0 saturated carbocycles. The molecule has 0 bridgehead atoms. The Morgan fingerprint density at radius 2 is 1.96 bits per heavy atom. The Morgan fingerprint density at radius 1 is 1.14 bits per heavy atom. The van der Waals surface area contributed by atoms with Gasteiger partial charge in [-0.3, -0.25) is 9.69 Å². The van der Waals surface area contributed by atoms with Crippen molar-refractivity contribution in [2.45, 2.75) is 18.8 Å². The van der Waals surface area contributed by atoms with E-state index in [-0.39, 0.29) is 6.54 Å². The minimum absolute atomic E-state index is 0.0855. The third kappa shape index (κ3) is 4.03. The van der Waals surface area contributed by atoms with Crippen molar-refractivity contribution in [3.63, 3.8) is 0 Å². The van der Waals surface area contributed by atoms with Crippen molar-refractivity contribution in [3.8, 4) is 10.4 Å². The molecule has 0 radical (unpaired) electrons. The fraction of sp³-hybridized carbons (Fsp3) is 0.292. The van der Waals surface area contributed by atoms with E-state index in [2.05, 4.69) is 66.0 Å². The van der Waals surface area contributed by atoms with E-state index in [0.29, 0.717) is 11.8 Å². The zero-order chi connectivity index (χ0) is 19.5. The fourth-order valence-electron chi connectivity index (χ4n) is 4.49. The molecule has 4 heteroatoms. The maximum absolute atomic E-state index is 11.1. The Morgan fingerprint density at radius 3 is 2.68 bits per heavy atom. The van der Waals surface area contributed by atoms with Crippen molar-refractivity contribution in [1.82, 2.24) is 4.90 Å². The minimum atomic E-state index is -0.768. The normalized spacial score (nSPS) is 18.8. The second-order valence-corrected chi connectivity index (χ2v) is 8.62. The number of aryl methyl sites for hydroxylation is 1. The third-order valence-corrected chi connectivity index (χ3v) is 6.57. The predicted molar refractivity (Wildman–Crippen MR) is 115 cm³/mol. The summed E-state index contributed by atoms with van der Waals surface area (Å²) in [5.41, 5.74) is 5.44. The fourth-order valence-corrected chi connectivity index (χ4v) is 5.21. The summed E-state index contributed by atoms with van der Waals surface area (Å²) in [5.74, 6) is -0.0546. The first kappa shape index (κ1) is 18.9. The number of rotatable bonds is 6. The number of carboxylic acid groups (broad SMARTS) is 1. The largest absolute Gasteiger partial charge is 0.480 e. The Labute approximate surface area is 170 Å². The SMILES string of the molecule is CN(CC(=O)O)CC1CCc2cc(-c3cccs3)ccc2C1c1ccccc1. The van der Waals surface area contributed by atoms with Crippen LogP contribution in [0, 0.1) is 5.92 Å². The van der Waals surface area contributed by atoms with Crippen LogP contribution < -0.4 is 0 Å². The number of carboxylic acids is 1. The summed E-state index contributed by atoms with van der Waals surface area (Å²) in [5, 5.41) is 11.3. The number of likely N-dealkylation sites (N-methyl/N-ethyl adjacent to an activating group) is 1. The maximum atomic E-state index is 11.1. The van der Waals surface area contributed by atoms with Crippen molar-refractivity contribution < 1.29 is 9.90 Å². The number of hydrogen-bond acceptors (Lipinski definition) is 3. The van der Waals surface area contributed by atoms with Crippen molar-refractivity contribution in [2.75, 3.05) is 20.1 Å². The molecular weight excluding hydrogens is 366 g/mol. The van der Waals surface area contributed by atoms with E-state index in [1.165, 1.54) is 27.1 Å². The second kappa shape index (κ2) is 8.29. The first-order valence-corrected chi connectivity index (χ1v) is 10.6. The number of benzene rings is 2. The summed E-state index contributed by atoms with van der Waals surface area (Å²) in [7, 11) is 1.91. The summed E-state index contributed by atoms with van der Waals surface area (Å²) in [6.07, 6.45) is 2.12. The molecule has 1 N–H and O–H groups in total. The Hall–Kier alpha value is -2.43. The Bertz CT molecular complexity index is 937. The highest BCUT2D eigenvalue weighted by Gasteiger charge is 2.32. The van der Waals surface area contributed by atoms with Gasteiger partial charge in [0, 0.05) is 17.3 Å². The number of thiophene rings is 1. The number of nitrogens with zero attached hydrogens (tertiary/aromatic N) is 1. The Kier molecular flexibility index (Phi) is 5.60. The van der Waals surface area contributed by atoms with Crippen molar-refractivity contribution in [3.05, 3.63) is 82.7 Å². The van der Waals surface area contributed by atoms with Crippen LogP contribution in [0.3, 0.4) is 0 Å². The second-order valence-electron chi connectivity index (χ2n) is 7.67. The summed E-state index contributed by atoms with van der Waals surface area (Å²) < 4.78 is 0. The van der Waals surface area contributed by atoms with E-state index in [1.807, 2.05) is 11.9 Å². The van der Waals surface area contributed by atoms with E-state index in [0.717, 1.165) is 19.4 Å². The summed E-state index contributed by atoms with van der Waals surface area (Å²) >= 11 is 1.78. The van der Waals surface area contributed by atoms with Crippen molar-refractivity contribution in [2.24, 2.45) is 5.92 Å². The standard InChI is InChI=1S/C24H25NO2S/c1-25(16-23(26)27)15-20-10-9-18-14-19(22-8-5-13-28-22)11-12-21(18)24(20)17-6-3-2-4-7-17/h2-8,11-14,20,24H,9-10,15-16H2,1H3,(H,26,27). The van der Waals surface area contributed by atoms with Gasteiger partial charge < -0.3 is 5.11 Å². The highest BCUT2D eigenvalue weighted by Crippen LogP contribution is 2.42. The topological polar surface area (TPSA) is 40.5 Å². The molecule has 3 aromatic rings. The molecule has 0 spiro atoms. The molecule has 0 saturated heterocycles. The highest BCUT2D eigenvalue weighted by molar-refractivity contribution is 7.13. The van der Waals surface area contributed by atoms with Crippen LogP contribution in [0.1, 0.15) is 29.0 Å². The van der Waals surface area contributed by atoms with Gasteiger partial charge in [-0.15, -0.1) is 11.3 Å². The van der Waals surface area contributed by atoms with Crippen LogP contribution in [0.2, 0.25) is 0 Å². The van der Waals surface area contributed by atoms with Gasteiger partial charge in [0.25, 0.3) is 0 Å². The van der Waals surface area contributed by atoms with Crippen LogP contribution in [0.25, 0.3) is 10.4 Å². The lowest BCUT2D eigenvalue weighted by Gasteiger charge is -2.36. The van der Waals surface area contributed by atoms with Crippen molar-refractivity contribution >= 4 is 17.3 Å². The predicted octanol–water partition coefficient (Wildman–Crippen LogP) is 5.13. The van der Waals surface area contributed by atoms with E-state index in [9.17, 15) is 4.79 Å². The molecule has 1 aromatic heterocycles. The summed E-state index contributed by atoms with van der Waals surface area (Å²) in [4.78, 5) is 14.4. The lowest BCUT2D eigenvalue weighted by atomic mass is 9.71. The van der Waals surface area contributed by atoms with Gasteiger partial charge in [0.1, 0.15) is 0 Å². The molecule has 3 nitrogen and oxygen atoms in total. The van der Waals surface area contributed by atoms with Gasteiger partial charge in [-0.2, -0.15) is 0 Å². The van der Waals surface area contributed by atoms with Gasteiger partial charge >= 0.3 is 5.97 Å². The third-order valence-electron chi connectivity index (χ3n) is 5.65. The molecule has 4 rings (SSSR count). The molecule has 0 aliphatic heterocycles. The van der Waals surface area contributed by atoms with E-state index < -0.39 is 5.97 Å². The van der Waals surface area contributed by atoms with Gasteiger partial charge in [-0.1, -0.05) is 54.6 Å². The first-order valence-electron chi connectivity index (χ1n) is 9.74. The summed E-state index contributed by atoms with van der Waals surface area (Å²) in [6, 6.07) is 21.8. The van der Waals surface area contributed by atoms with Crippen LogP contribution >= 0.6 is 11.3 Å². The first-order chi connectivity index (χ1) is 13.6.